The first-order chi connectivity index (χ1) is 10.6. The Morgan fingerprint density at radius 2 is 1.59 bits per heavy atom. The first-order valence-electron chi connectivity index (χ1n) is 6.30. The van der Waals surface area contributed by atoms with E-state index < -0.39 is 0 Å². The summed E-state index contributed by atoms with van der Waals surface area (Å²) < 4.78 is 15.9. The quantitative estimate of drug-likeness (QED) is 0.751. The molecule has 2 aromatic carbocycles. The molecule has 0 aliphatic rings. The summed E-state index contributed by atoms with van der Waals surface area (Å²) in [7, 11) is 4.43. The number of hydrogen-bond donors (Lipinski definition) is 0. The van der Waals surface area contributed by atoms with Crippen molar-refractivity contribution >= 4 is 29.5 Å². The van der Waals surface area contributed by atoms with Crippen LogP contribution in [0.2, 0.25) is 10.0 Å². The summed E-state index contributed by atoms with van der Waals surface area (Å²) in [4.78, 5) is 11.6. The first kappa shape index (κ1) is 16.5. The molecule has 0 aliphatic carbocycles. The number of hydrogen-bond acceptors (Lipinski definition) is 4. The van der Waals surface area contributed by atoms with Crippen molar-refractivity contribution in [1.82, 2.24) is 0 Å². The molecule has 0 radical (unpaired) electrons. The molecule has 0 atom stereocenters. The summed E-state index contributed by atoms with van der Waals surface area (Å²) in [5.74, 6) is 1.05. The standard InChI is InChI=1S/C16H14Cl2O4/c1-20-14-7-10(11-6-9(17)4-5-13(11)18)12(8-19)15(21-2)16(14)22-3/h4-8H,1-3H3. The highest BCUT2D eigenvalue weighted by Gasteiger charge is 2.22. The van der Waals surface area contributed by atoms with Crippen LogP contribution in [-0.2, 0) is 0 Å². The van der Waals surface area contributed by atoms with Crippen molar-refractivity contribution in [2.24, 2.45) is 0 Å². The molecular formula is C16H14Cl2O4. The number of carbonyl (C=O) groups excluding carboxylic acids is 1. The minimum Gasteiger partial charge on any atom is -0.493 e. The van der Waals surface area contributed by atoms with Crippen LogP contribution in [0.5, 0.6) is 17.2 Å². The van der Waals surface area contributed by atoms with Crippen molar-refractivity contribution < 1.29 is 19.0 Å². The Hall–Kier alpha value is -1.91. The van der Waals surface area contributed by atoms with E-state index >= 15 is 0 Å². The maximum atomic E-state index is 11.6. The Balaban J connectivity index is 2.85. The molecule has 0 saturated heterocycles. The number of aldehydes is 1. The molecule has 0 bridgehead atoms. The molecule has 0 saturated carbocycles. The summed E-state index contributed by atoms with van der Waals surface area (Å²) in [6, 6.07) is 6.68. The largest absolute Gasteiger partial charge is 0.493 e. The molecule has 0 heterocycles. The van der Waals surface area contributed by atoms with Crippen molar-refractivity contribution in [3.8, 4) is 28.4 Å². The van der Waals surface area contributed by atoms with Gasteiger partial charge in [-0.1, -0.05) is 23.2 Å². The van der Waals surface area contributed by atoms with Crippen LogP contribution in [0.15, 0.2) is 24.3 Å². The number of ether oxygens (including phenoxy) is 3. The van der Waals surface area contributed by atoms with E-state index in [9.17, 15) is 4.79 Å². The second kappa shape index (κ2) is 6.90. The third kappa shape index (κ3) is 2.85. The molecule has 0 fully saturated rings. The average Bonchev–Trinajstić information content (AvgIpc) is 2.54. The maximum absolute atomic E-state index is 11.6. The van der Waals surface area contributed by atoms with Gasteiger partial charge >= 0.3 is 0 Å². The van der Waals surface area contributed by atoms with E-state index in [2.05, 4.69) is 0 Å². The van der Waals surface area contributed by atoms with Crippen molar-refractivity contribution in [1.29, 1.82) is 0 Å². The zero-order valence-electron chi connectivity index (χ0n) is 12.3. The van der Waals surface area contributed by atoms with Crippen molar-refractivity contribution in [3.63, 3.8) is 0 Å². The minimum absolute atomic E-state index is 0.280. The molecule has 0 N–H and O–H groups in total. The van der Waals surface area contributed by atoms with Gasteiger partial charge in [0.25, 0.3) is 0 Å². The summed E-state index contributed by atoms with van der Waals surface area (Å²) in [6.45, 7) is 0. The Labute approximate surface area is 138 Å². The maximum Gasteiger partial charge on any atom is 0.204 e. The van der Waals surface area contributed by atoms with Gasteiger partial charge in [0, 0.05) is 21.2 Å². The highest BCUT2D eigenvalue weighted by atomic mass is 35.5. The zero-order chi connectivity index (χ0) is 16.3. The van der Waals surface area contributed by atoms with E-state index in [-0.39, 0.29) is 5.75 Å². The van der Waals surface area contributed by atoms with E-state index in [1.807, 2.05) is 0 Å². The van der Waals surface area contributed by atoms with Crippen molar-refractivity contribution in [3.05, 3.63) is 39.9 Å². The topological polar surface area (TPSA) is 44.8 Å². The van der Waals surface area contributed by atoms with Crippen molar-refractivity contribution in [2.45, 2.75) is 0 Å². The van der Waals surface area contributed by atoms with Crippen LogP contribution in [0, 0.1) is 0 Å². The minimum atomic E-state index is 0.280. The fourth-order valence-corrected chi connectivity index (χ4v) is 2.61. The van der Waals surface area contributed by atoms with E-state index in [1.165, 1.54) is 21.3 Å². The molecule has 6 heteroatoms. The fourth-order valence-electron chi connectivity index (χ4n) is 2.22. The summed E-state index contributed by atoms with van der Waals surface area (Å²) in [5, 5.41) is 0.965. The fraction of sp³-hybridized carbons (Fsp3) is 0.188. The Kier molecular flexibility index (Phi) is 5.16. The molecule has 0 spiro atoms. The second-order valence-electron chi connectivity index (χ2n) is 4.35. The van der Waals surface area contributed by atoms with Gasteiger partial charge in [0.05, 0.1) is 26.9 Å². The molecule has 0 amide bonds. The molecule has 22 heavy (non-hydrogen) atoms. The highest BCUT2D eigenvalue weighted by Crippen LogP contribution is 2.46. The van der Waals surface area contributed by atoms with E-state index in [0.29, 0.717) is 44.5 Å². The van der Waals surface area contributed by atoms with Crippen LogP contribution < -0.4 is 14.2 Å². The third-order valence-electron chi connectivity index (χ3n) is 3.20. The molecular weight excluding hydrogens is 327 g/mol. The SMILES string of the molecule is COc1cc(-c2cc(Cl)ccc2Cl)c(C=O)c(OC)c1OC. The van der Waals surface area contributed by atoms with E-state index in [1.54, 1.807) is 24.3 Å². The zero-order valence-corrected chi connectivity index (χ0v) is 13.8. The predicted molar refractivity (Wildman–Crippen MR) is 86.9 cm³/mol. The second-order valence-corrected chi connectivity index (χ2v) is 5.19. The predicted octanol–water partition coefficient (Wildman–Crippen LogP) is 4.50. The lowest BCUT2D eigenvalue weighted by molar-refractivity contribution is 0.112. The number of halogens is 2. The third-order valence-corrected chi connectivity index (χ3v) is 3.77. The normalized spacial score (nSPS) is 10.2. The van der Waals surface area contributed by atoms with Gasteiger partial charge < -0.3 is 14.2 Å². The molecule has 0 aromatic heterocycles. The van der Waals surface area contributed by atoms with Gasteiger partial charge in [0.2, 0.25) is 5.75 Å². The van der Waals surface area contributed by atoms with Crippen LogP contribution in [0.4, 0.5) is 0 Å². The van der Waals surface area contributed by atoms with Crippen LogP contribution in [0.25, 0.3) is 11.1 Å². The lowest BCUT2D eigenvalue weighted by Gasteiger charge is -2.17. The highest BCUT2D eigenvalue weighted by molar-refractivity contribution is 6.35. The lowest BCUT2D eigenvalue weighted by Crippen LogP contribution is -2.01. The van der Waals surface area contributed by atoms with Gasteiger partial charge in [0.1, 0.15) is 0 Å². The van der Waals surface area contributed by atoms with E-state index in [0.717, 1.165) is 0 Å². The summed E-state index contributed by atoms with van der Waals surface area (Å²) in [5.41, 5.74) is 1.47. The van der Waals surface area contributed by atoms with Gasteiger partial charge in [-0.15, -0.1) is 0 Å². The molecule has 4 nitrogen and oxygen atoms in total. The van der Waals surface area contributed by atoms with Gasteiger partial charge in [-0.25, -0.2) is 0 Å². The molecule has 116 valence electrons. The number of benzene rings is 2. The summed E-state index contributed by atoms with van der Waals surface area (Å²) >= 11 is 12.3. The van der Waals surface area contributed by atoms with Gasteiger partial charge in [-0.2, -0.15) is 0 Å². The molecule has 0 unspecified atom stereocenters. The Morgan fingerprint density at radius 1 is 0.909 bits per heavy atom. The first-order valence-corrected chi connectivity index (χ1v) is 7.06. The Bertz CT molecular complexity index is 714. The monoisotopic (exact) mass is 340 g/mol. The van der Waals surface area contributed by atoms with Gasteiger partial charge in [0.15, 0.2) is 17.8 Å². The van der Waals surface area contributed by atoms with Gasteiger partial charge in [-0.05, 0) is 24.3 Å². The lowest BCUT2D eigenvalue weighted by atomic mass is 9.98. The smallest absolute Gasteiger partial charge is 0.204 e. The number of methoxy groups -OCH3 is 3. The molecule has 0 aliphatic heterocycles. The van der Waals surface area contributed by atoms with Crippen LogP contribution in [0.1, 0.15) is 10.4 Å². The van der Waals surface area contributed by atoms with Crippen LogP contribution in [0.3, 0.4) is 0 Å². The molecule has 2 rings (SSSR count). The summed E-state index contributed by atoms with van der Waals surface area (Å²) in [6.07, 6.45) is 0.688. The van der Waals surface area contributed by atoms with Crippen LogP contribution in [-0.4, -0.2) is 27.6 Å². The van der Waals surface area contributed by atoms with E-state index in [4.69, 9.17) is 37.4 Å². The number of carbonyl (C=O) groups is 1. The van der Waals surface area contributed by atoms with Crippen LogP contribution >= 0.6 is 23.2 Å². The molecule has 2 aromatic rings. The van der Waals surface area contributed by atoms with Crippen molar-refractivity contribution in [2.75, 3.05) is 21.3 Å². The van der Waals surface area contributed by atoms with Gasteiger partial charge in [-0.3, -0.25) is 4.79 Å². The average molecular weight is 341 g/mol. The Morgan fingerprint density at radius 3 is 2.14 bits per heavy atom. The number of rotatable bonds is 5.